The van der Waals surface area contributed by atoms with Gasteiger partial charge in [-0.2, -0.15) is 0 Å². The summed E-state index contributed by atoms with van der Waals surface area (Å²) in [6, 6.07) is 14.2. The fourth-order valence-corrected chi connectivity index (χ4v) is 2.19. The van der Waals surface area contributed by atoms with Crippen LogP contribution >= 0.6 is 11.6 Å². The van der Waals surface area contributed by atoms with Crippen LogP contribution in [0, 0.1) is 0 Å². The van der Waals surface area contributed by atoms with Crippen LogP contribution < -0.4 is 0 Å². The molecule has 2 rings (SSSR count). The average molecular weight is 347 g/mol. The first kappa shape index (κ1) is 18.7. The molecule has 0 radical (unpaired) electrons. The van der Waals surface area contributed by atoms with Gasteiger partial charge in [-0.3, -0.25) is 4.79 Å². The van der Waals surface area contributed by atoms with E-state index in [-0.39, 0.29) is 11.4 Å². The number of halogens is 1. The summed E-state index contributed by atoms with van der Waals surface area (Å²) < 4.78 is 0. The highest BCUT2D eigenvalue weighted by Gasteiger charge is 2.26. The molecular formula is C20H23ClO3. The molecule has 2 aromatic rings. The Labute approximate surface area is 148 Å². The van der Waals surface area contributed by atoms with Crippen LogP contribution in [-0.2, 0) is 15.4 Å². The molecule has 0 aromatic heterocycles. The van der Waals surface area contributed by atoms with E-state index < -0.39 is 5.60 Å². The molecule has 0 bridgehead atoms. The van der Waals surface area contributed by atoms with Gasteiger partial charge < -0.3 is 0 Å². The summed E-state index contributed by atoms with van der Waals surface area (Å²) in [5, 5.41) is 0.611. The van der Waals surface area contributed by atoms with Crippen LogP contribution in [0.2, 0.25) is 5.02 Å². The third-order valence-corrected chi connectivity index (χ3v) is 3.70. The number of benzene rings is 2. The molecule has 2 aromatic carbocycles. The van der Waals surface area contributed by atoms with Crippen molar-refractivity contribution in [2.24, 2.45) is 0 Å². The fraction of sp³-hybridized carbons (Fsp3) is 0.350. The van der Waals surface area contributed by atoms with E-state index in [1.54, 1.807) is 36.4 Å². The van der Waals surface area contributed by atoms with E-state index in [2.05, 4.69) is 0 Å². The summed E-state index contributed by atoms with van der Waals surface area (Å²) in [7, 11) is 0. The minimum atomic E-state index is -0.616. The van der Waals surface area contributed by atoms with Gasteiger partial charge in [-0.15, -0.1) is 0 Å². The van der Waals surface area contributed by atoms with Crippen molar-refractivity contribution in [1.82, 2.24) is 0 Å². The Bertz CT molecular complexity index is 695. The van der Waals surface area contributed by atoms with E-state index in [0.717, 1.165) is 5.56 Å². The summed E-state index contributed by atoms with van der Waals surface area (Å²) in [6.45, 7) is 9.63. The SMILES string of the molecule is CC(C)(C)OOC(C)(C)c1ccc(C(=O)c2ccc(Cl)cc2)cc1. The summed E-state index contributed by atoms with van der Waals surface area (Å²) >= 11 is 5.86. The standard InChI is InChI=1S/C20H23ClO3/c1-19(2,3)23-24-20(4,5)16-10-6-14(7-11-16)18(22)15-8-12-17(21)13-9-15/h6-13H,1-5H3. The van der Waals surface area contributed by atoms with Crippen LogP contribution in [0.5, 0.6) is 0 Å². The van der Waals surface area contributed by atoms with Crippen LogP contribution in [0.3, 0.4) is 0 Å². The second-order valence-electron chi connectivity index (χ2n) is 7.20. The second-order valence-corrected chi connectivity index (χ2v) is 7.64. The first-order valence-corrected chi connectivity index (χ1v) is 8.24. The molecule has 0 aliphatic heterocycles. The smallest absolute Gasteiger partial charge is 0.193 e. The molecule has 0 saturated carbocycles. The van der Waals surface area contributed by atoms with Gasteiger partial charge in [-0.25, -0.2) is 9.78 Å². The van der Waals surface area contributed by atoms with Crippen molar-refractivity contribution in [1.29, 1.82) is 0 Å². The number of hydrogen-bond donors (Lipinski definition) is 0. The van der Waals surface area contributed by atoms with Gasteiger partial charge in [0.15, 0.2) is 5.78 Å². The maximum atomic E-state index is 12.5. The topological polar surface area (TPSA) is 35.5 Å². The van der Waals surface area contributed by atoms with Crippen molar-refractivity contribution < 1.29 is 14.6 Å². The van der Waals surface area contributed by atoms with E-state index in [1.165, 1.54) is 0 Å². The zero-order valence-corrected chi connectivity index (χ0v) is 15.5. The highest BCUT2D eigenvalue weighted by Crippen LogP contribution is 2.27. The molecule has 0 fully saturated rings. The first-order chi connectivity index (χ1) is 11.1. The third-order valence-electron chi connectivity index (χ3n) is 3.45. The van der Waals surface area contributed by atoms with Crippen LogP contribution in [0.4, 0.5) is 0 Å². The molecule has 0 atom stereocenters. The molecule has 24 heavy (non-hydrogen) atoms. The van der Waals surface area contributed by atoms with Crippen LogP contribution in [0.15, 0.2) is 48.5 Å². The quantitative estimate of drug-likeness (QED) is 0.404. The number of rotatable bonds is 5. The van der Waals surface area contributed by atoms with Gasteiger partial charge in [-0.05, 0) is 64.4 Å². The maximum Gasteiger partial charge on any atom is 0.193 e. The monoisotopic (exact) mass is 346 g/mol. The molecule has 0 aliphatic carbocycles. The first-order valence-electron chi connectivity index (χ1n) is 7.86. The Hall–Kier alpha value is -1.68. The maximum absolute atomic E-state index is 12.5. The molecule has 0 saturated heterocycles. The number of carbonyl (C=O) groups is 1. The minimum Gasteiger partial charge on any atom is -0.289 e. The Morgan fingerprint density at radius 1 is 0.792 bits per heavy atom. The molecule has 0 unspecified atom stereocenters. The highest BCUT2D eigenvalue weighted by molar-refractivity contribution is 6.30. The molecule has 0 aliphatic rings. The molecule has 0 heterocycles. The van der Waals surface area contributed by atoms with Gasteiger partial charge in [0.1, 0.15) is 5.60 Å². The summed E-state index contributed by atoms with van der Waals surface area (Å²) in [5.74, 6) is -0.0390. The lowest BCUT2D eigenvalue weighted by atomic mass is 9.95. The van der Waals surface area contributed by atoms with Crippen molar-refractivity contribution in [3.05, 3.63) is 70.2 Å². The number of ketones is 1. The van der Waals surface area contributed by atoms with Crippen molar-refractivity contribution >= 4 is 17.4 Å². The molecular weight excluding hydrogens is 324 g/mol. The summed E-state index contributed by atoms with van der Waals surface area (Å²) in [4.78, 5) is 23.5. The molecule has 0 N–H and O–H groups in total. The van der Waals surface area contributed by atoms with Crippen LogP contribution in [0.1, 0.15) is 56.1 Å². The normalized spacial score (nSPS) is 12.2. The molecule has 128 valence electrons. The van der Waals surface area contributed by atoms with E-state index in [9.17, 15) is 4.79 Å². The van der Waals surface area contributed by atoms with Crippen LogP contribution in [-0.4, -0.2) is 11.4 Å². The molecule has 4 heteroatoms. The van der Waals surface area contributed by atoms with E-state index in [4.69, 9.17) is 21.4 Å². The zero-order valence-electron chi connectivity index (χ0n) is 14.7. The van der Waals surface area contributed by atoms with Crippen LogP contribution in [0.25, 0.3) is 0 Å². The minimum absolute atomic E-state index is 0.0390. The lowest BCUT2D eigenvalue weighted by molar-refractivity contribution is -0.401. The number of hydrogen-bond acceptors (Lipinski definition) is 3. The van der Waals surface area contributed by atoms with Gasteiger partial charge in [0.2, 0.25) is 0 Å². The number of carbonyl (C=O) groups excluding carboxylic acids is 1. The third kappa shape index (κ3) is 4.91. The molecule has 0 amide bonds. The Morgan fingerprint density at radius 3 is 1.71 bits per heavy atom. The average Bonchev–Trinajstić information content (AvgIpc) is 2.53. The second kappa shape index (κ2) is 7.06. The highest BCUT2D eigenvalue weighted by atomic mass is 35.5. The van der Waals surface area contributed by atoms with E-state index in [1.807, 2.05) is 46.8 Å². The van der Waals surface area contributed by atoms with Crippen molar-refractivity contribution in [3.8, 4) is 0 Å². The van der Waals surface area contributed by atoms with Gasteiger partial charge in [-0.1, -0.05) is 35.9 Å². The van der Waals surface area contributed by atoms with Crippen molar-refractivity contribution in [2.75, 3.05) is 0 Å². The van der Waals surface area contributed by atoms with Crippen molar-refractivity contribution in [3.63, 3.8) is 0 Å². The van der Waals surface area contributed by atoms with Gasteiger partial charge >= 0.3 is 0 Å². The van der Waals surface area contributed by atoms with Crippen molar-refractivity contribution in [2.45, 2.75) is 45.8 Å². The summed E-state index contributed by atoms with van der Waals surface area (Å²) in [6.07, 6.45) is 0. The largest absolute Gasteiger partial charge is 0.289 e. The molecule has 3 nitrogen and oxygen atoms in total. The predicted octanol–water partition coefficient (Wildman–Crippen LogP) is 5.55. The summed E-state index contributed by atoms with van der Waals surface area (Å²) in [5.41, 5.74) is 1.16. The van der Waals surface area contributed by atoms with Gasteiger partial charge in [0.25, 0.3) is 0 Å². The zero-order chi connectivity index (χ0) is 18.0. The molecule has 0 spiro atoms. The van der Waals surface area contributed by atoms with E-state index in [0.29, 0.717) is 16.1 Å². The lowest BCUT2D eigenvalue weighted by Gasteiger charge is -2.29. The van der Waals surface area contributed by atoms with Gasteiger partial charge in [0.05, 0.1) is 5.60 Å². The Kier molecular flexibility index (Phi) is 5.49. The Morgan fingerprint density at radius 2 is 1.25 bits per heavy atom. The predicted molar refractivity (Wildman–Crippen MR) is 96.3 cm³/mol. The lowest BCUT2D eigenvalue weighted by Crippen LogP contribution is -2.28. The Balaban J connectivity index is 2.15. The fourth-order valence-electron chi connectivity index (χ4n) is 2.07. The van der Waals surface area contributed by atoms with Gasteiger partial charge in [0, 0.05) is 16.1 Å². The van der Waals surface area contributed by atoms with E-state index >= 15 is 0 Å².